The Bertz CT molecular complexity index is 236. The number of aromatic nitrogens is 2. The van der Waals surface area contributed by atoms with Gasteiger partial charge in [0, 0.05) is 0 Å². The average Bonchev–Trinajstić information content (AvgIpc) is 2.56. The maximum absolute atomic E-state index is 11.1. The van der Waals surface area contributed by atoms with Gasteiger partial charge in [-0.1, -0.05) is 17.8 Å². The van der Waals surface area contributed by atoms with Gasteiger partial charge in [-0.15, -0.1) is 5.10 Å². The maximum Gasteiger partial charge on any atom is 0.351 e. The molecule has 12 heavy (non-hydrogen) atoms. The molecule has 1 aromatic rings. The summed E-state index contributed by atoms with van der Waals surface area (Å²) in [5.74, 6) is -0.321. The quantitative estimate of drug-likeness (QED) is 0.528. The van der Waals surface area contributed by atoms with Gasteiger partial charge in [-0.25, -0.2) is 4.79 Å². The minimum absolute atomic E-state index is 0.321. The second-order valence-corrected chi connectivity index (χ2v) is 3.06. The minimum Gasteiger partial charge on any atom is -0.461 e. The monoisotopic (exact) mass is 186 g/mol. The van der Waals surface area contributed by atoms with E-state index in [1.165, 1.54) is 6.20 Å². The van der Waals surface area contributed by atoms with E-state index in [9.17, 15) is 4.79 Å². The number of nitrogens with zero attached hydrogens (tertiary/aromatic N) is 2. The molecule has 0 spiro atoms. The van der Waals surface area contributed by atoms with Crippen LogP contribution in [0.15, 0.2) is 6.20 Å². The number of carbonyl (C=O) groups excluding carboxylic acids is 1. The molecule has 1 aromatic heterocycles. The van der Waals surface area contributed by atoms with E-state index in [1.54, 1.807) is 0 Å². The van der Waals surface area contributed by atoms with E-state index < -0.39 is 0 Å². The summed E-state index contributed by atoms with van der Waals surface area (Å²) in [7, 11) is 0. The molecule has 66 valence electrons. The lowest BCUT2D eigenvalue weighted by atomic mass is 10.4. The zero-order valence-electron chi connectivity index (χ0n) is 6.82. The molecule has 1 rings (SSSR count). The summed E-state index contributed by atoms with van der Waals surface area (Å²) in [6.45, 7) is 2.52. The number of hydrogen-bond donors (Lipinski definition) is 0. The Labute approximate surface area is 74.7 Å². The van der Waals surface area contributed by atoms with Gasteiger partial charge in [-0.05, 0) is 18.0 Å². The molecule has 0 aliphatic rings. The fraction of sp³-hybridized carbons (Fsp3) is 0.571. The first-order chi connectivity index (χ1) is 5.84. The van der Waals surface area contributed by atoms with E-state index in [0.29, 0.717) is 11.5 Å². The van der Waals surface area contributed by atoms with Gasteiger partial charge in [0.25, 0.3) is 0 Å². The third-order valence-corrected chi connectivity index (χ3v) is 1.94. The summed E-state index contributed by atoms with van der Waals surface area (Å²) in [6.07, 6.45) is 3.34. The molecule has 0 unspecified atom stereocenters. The molecule has 0 aromatic carbocycles. The maximum atomic E-state index is 11.1. The van der Waals surface area contributed by atoms with Crippen molar-refractivity contribution in [2.24, 2.45) is 0 Å². The molecule has 0 aliphatic carbocycles. The summed E-state index contributed by atoms with van der Waals surface area (Å²) in [6, 6.07) is 0. The molecule has 0 saturated heterocycles. The molecule has 5 heteroatoms. The third-order valence-electron chi connectivity index (χ3n) is 1.29. The first-order valence-electron chi connectivity index (χ1n) is 3.79. The predicted molar refractivity (Wildman–Crippen MR) is 45.1 cm³/mol. The number of unbranched alkanes of at least 4 members (excludes halogenated alkanes) is 1. The zero-order valence-corrected chi connectivity index (χ0v) is 7.63. The second kappa shape index (κ2) is 4.82. The lowest BCUT2D eigenvalue weighted by Gasteiger charge is -1.99. The van der Waals surface area contributed by atoms with Gasteiger partial charge >= 0.3 is 5.97 Å². The Kier molecular flexibility index (Phi) is 3.66. The molecule has 0 aliphatic heterocycles. The van der Waals surface area contributed by atoms with Crippen molar-refractivity contribution >= 4 is 17.5 Å². The average molecular weight is 186 g/mol. The van der Waals surface area contributed by atoms with Gasteiger partial charge in [0.05, 0.1) is 12.8 Å². The standard InChI is InChI=1S/C7H10N2O2S/c1-2-3-4-11-7(10)6-5-8-9-12-6/h5H,2-4H2,1H3. The second-order valence-electron chi connectivity index (χ2n) is 2.27. The van der Waals surface area contributed by atoms with E-state index in [0.717, 1.165) is 24.4 Å². The van der Waals surface area contributed by atoms with E-state index in [-0.39, 0.29) is 5.97 Å². The van der Waals surface area contributed by atoms with Crippen molar-refractivity contribution in [1.82, 2.24) is 9.59 Å². The highest BCUT2D eigenvalue weighted by Gasteiger charge is 2.08. The zero-order chi connectivity index (χ0) is 8.81. The Hall–Kier alpha value is -0.970. The van der Waals surface area contributed by atoms with Crippen LogP contribution in [0, 0.1) is 0 Å². The van der Waals surface area contributed by atoms with Crippen LogP contribution in [0.5, 0.6) is 0 Å². The lowest BCUT2D eigenvalue weighted by Crippen LogP contribution is -2.03. The molecule has 0 saturated carbocycles. The summed E-state index contributed by atoms with van der Waals surface area (Å²) in [5.41, 5.74) is 0. The summed E-state index contributed by atoms with van der Waals surface area (Å²) >= 11 is 1.05. The van der Waals surface area contributed by atoms with Gasteiger partial charge in [0.1, 0.15) is 0 Å². The Balaban J connectivity index is 2.30. The minimum atomic E-state index is -0.321. The number of hydrogen-bond acceptors (Lipinski definition) is 5. The van der Waals surface area contributed by atoms with Crippen molar-refractivity contribution in [3.8, 4) is 0 Å². The Morgan fingerprint density at radius 2 is 2.58 bits per heavy atom. The van der Waals surface area contributed by atoms with Crippen LogP contribution < -0.4 is 0 Å². The molecular formula is C7H10N2O2S. The first-order valence-corrected chi connectivity index (χ1v) is 4.56. The van der Waals surface area contributed by atoms with E-state index in [2.05, 4.69) is 9.59 Å². The normalized spacial score (nSPS) is 9.75. The predicted octanol–water partition coefficient (Wildman–Crippen LogP) is 1.50. The highest BCUT2D eigenvalue weighted by Crippen LogP contribution is 2.04. The van der Waals surface area contributed by atoms with Crippen molar-refractivity contribution in [1.29, 1.82) is 0 Å². The van der Waals surface area contributed by atoms with E-state index >= 15 is 0 Å². The topological polar surface area (TPSA) is 52.1 Å². The SMILES string of the molecule is CCCCOC(=O)c1cnns1. The van der Waals surface area contributed by atoms with Crippen LogP contribution in [0.25, 0.3) is 0 Å². The van der Waals surface area contributed by atoms with Crippen molar-refractivity contribution in [2.45, 2.75) is 19.8 Å². The molecule has 0 radical (unpaired) electrons. The van der Waals surface area contributed by atoms with Crippen LogP contribution in [-0.4, -0.2) is 22.2 Å². The van der Waals surface area contributed by atoms with Gasteiger partial charge in [-0.3, -0.25) is 0 Å². The van der Waals surface area contributed by atoms with Crippen molar-refractivity contribution < 1.29 is 9.53 Å². The summed E-state index contributed by atoms with van der Waals surface area (Å²) < 4.78 is 8.48. The smallest absolute Gasteiger partial charge is 0.351 e. The number of ether oxygens (including phenoxy) is 1. The highest BCUT2D eigenvalue weighted by atomic mass is 32.1. The number of carbonyl (C=O) groups is 1. The van der Waals surface area contributed by atoms with Crippen LogP contribution >= 0.6 is 11.5 Å². The molecule has 0 atom stereocenters. The Morgan fingerprint density at radius 3 is 3.17 bits per heavy atom. The van der Waals surface area contributed by atoms with E-state index in [1.807, 2.05) is 6.92 Å². The van der Waals surface area contributed by atoms with Crippen molar-refractivity contribution in [3.63, 3.8) is 0 Å². The Morgan fingerprint density at radius 1 is 1.75 bits per heavy atom. The largest absolute Gasteiger partial charge is 0.461 e. The summed E-state index contributed by atoms with van der Waals surface area (Å²) in [5, 5.41) is 3.54. The van der Waals surface area contributed by atoms with Gasteiger partial charge in [-0.2, -0.15) is 0 Å². The molecular weight excluding hydrogens is 176 g/mol. The van der Waals surface area contributed by atoms with Gasteiger partial charge < -0.3 is 4.74 Å². The van der Waals surface area contributed by atoms with Crippen LogP contribution in [0.4, 0.5) is 0 Å². The van der Waals surface area contributed by atoms with Crippen molar-refractivity contribution in [3.05, 3.63) is 11.1 Å². The highest BCUT2D eigenvalue weighted by molar-refractivity contribution is 7.07. The third kappa shape index (κ3) is 2.58. The lowest BCUT2D eigenvalue weighted by molar-refractivity contribution is 0.0505. The van der Waals surface area contributed by atoms with Gasteiger partial charge in [0.2, 0.25) is 0 Å². The number of esters is 1. The van der Waals surface area contributed by atoms with Crippen LogP contribution in [0.2, 0.25) is 0 Å². The van der Waals surface area contributed by atoms with Crippen LogP contribution in [-0.2, 0) is 4.74 Å². The molecule has 1 heterocycles. The van der Waals surface area contributed by atoms with E-state index in [4.69, 9.17) is 4.74 Å². The molecule has 0 fully saturated rings. The van der Waals surface area contributed by atoms with Gasteiger partial charge in [0.15, 0.2) is 4.88 Å². The fourth-order valence-corrected chi connectivity index (χ4v) is 1.05. The van der Waals surface area contributed by atoms with Crippen LogP contribution in [0.3, 0.4) is 0 Å². The molecule has 0 bridgehead atoms. The van der Waals surface area contributed by atoms with Crippen LogP contribution in [0.1, 0.15) is 29.4 Å². The number of rotatable bonds is 4. The summed E-state index contributed by atoms with van der Waals surface area (Å²) in [4.78, 5) is 11.6. The molecule has 4 nitrogen and oxygen atoms in total. The fourth-order valence-electron chi connectivity index (χ4n) is 0.637. The molecule has 0 amide bonds. The van der Waals surface area contributed by atoms with Crippen molar-refractivity contribution in [2.75, 3.05) is 6.61 Å². The molecule has 0 N–H and O–H groups in total. The first kappa shape index (κ1) is 9.12.